The summed E-state index contributed by atoms with van der Waals surface area (Å²) in [6, 6.07) is 0. The summed E-state index contributed by atoms with van der Waals surface area (Å²) >= 11 is 0. The van der Waals surface area contributed by atoms with Crippen LogP contribution >= 0.6 is 0 Å². The molecule has 1 aromatic heterocycles. The second-order valence-electron chi connectivity index (χ2n) is 4.10. The third-order valence-corrected chi connectivity index (χ3v) is 2.78. The van der Waals surface area contributed by atoms with Gasteiger partial charge in [0.2, 0.25) is 5.95 Å². The van der Waals surface area contributed by atoms with Crippen molar-refractivity contribution in [3.8, 4) is 0 Å². The van der Waals surface area contributed by atoms with Gasteiger partial charge in [-0.25, -0.2) is 4.98 Å². The first-order chi connectivity index (χ1) is 7.40. The SMILES string of the molecule is COCCn1ccnc1NCCC1CC1. The van der Waals surface area contributed by atoms with Crippen LogP contribution in [0.1, 0.15) is 19.3 Å². The lowest BCUT2D eigenvalue weighted by Gasteiger charge is -2.08. The van der Waals surface area contributed by atoms with E-state index in [1.807, 2.05) is 12.4 Å². The smallest absolute Gasteiger partial charge is 0.202 e. The van der Waals surface area contributed by atoms with Crippen molar-refractivity contribution >= 4 is 5.95 Å². The minimum atomic E-state index is 0.730. The number of ether oxygens (including phenoxy) is 1. The van der Waals surface area contributed by atoms with E-state index >= 15 is 0 Å². The summed E-state index contributed by atoms with van der Waals surface area (Å²) in [6.45, 7) is 2.63. The fourth-order valence-corrected chi connectivity index (χ4v) is 1.64. The molecule has 1 fully saturated rings. The highest BCUT2D eigenvalue weighted by Crippen LogP contribution is 2.31. The third kappa shape index (κ3) is 3.23. The lowest BCUT2D eigenvalue weighted by Crippen LogP contribution is -2.11. The molecule has 1 saturated carbocycles. The van der Waals surface area contributed by atoms with Crippen molar-refractivity contribution in [2.75, 3.05) is 25.6 Å². The predicted molar refractivity (Wildman–Crippen MR) is 59.9 cm³/mol. The normalized spacial score (nSPS) is 15.5. The molecule has 15 heavy (non-hydrogen) atoms. The zero-order valence-corrected chi connectivity index (χ0v) is 9.28. The van der Waals surface area contributed by atoms with Gasteiger partial charge in [-0.1, -0.05) is 12.8 Å². The number of imidazole rings is 1. The van der Waals surface area contributed by atoms with Crippen LogP contribution in [0.4, 0.5) is 5.95 Å². The zero-order valence-electron chi connectivity index (χ0n) is 9.28. The molecule has 0 unspecified atom stereocenters. The molecule has 0 amide bonds. The van der Waals surface area contributed by atoms with Crippen LogP contribution in [0, 0.1) is 5.92 Å². The molecule has 1 aliphatic carbocycles. The second-order valence-corrected chi connectivity index (χ2v) is 4.10. The van der Waals surface area contributed by atoms with E-state index in [9.17, 15) is 0 Å². The first kappa shape index (κ1) is 10.5. The Morgan fingerprint density at radius 1 is 1.60 bits per heavy atom. The molecule has 1 heterocycles. The van der Waals surface area contributed by atoms with Crippen LogP contribution in [0.2, 0.25) is 0 Å². The van der Waals surface area contributed by atoms with Gasteiger partial charge < -0.3 is 14.6 Å². The lowest BCUT2D eigenvalue weighted by molar-refractivity contribution is 0.187. The molecule has 0 aliphatic heterocycles. The highest BCUT2D eigenvalue weighted by molar-refractivity contribution is 5.25. The predicted octanol–water partition coefficient (Wildman–Crippen LogP) is 1.74. The molecule has 0 saturated heterocycles. The number of rotatable bonds is 7. The summed E-state index contributed by atoms with van der Waals surface area (Å²) in [6.07, 6.45) is 7.92. The van der Waals surface area contributed by atoms with Gasteiger partial charge in [0.1, 0.15) is 0 Å². The van der Waals surface area contributed by atoms with Gasteiger partial charge in [-0.2, -0.15) is 0 Å². The van der Waals surface area contributed by atoms with Crippen molar-refractivity contribution in [3.05, 3.63) is 12.4 Å². The second kappa shape index (κ2) is 5.16. The average Bonchev–Trinajstić information content (AvgIpc) is 2.95. The number of hydrogen-bond donors (Lipinski definition) is 1. The van der Waals surface area contributed by atoms with Gasteiger partial charge in [-0.15, -0.1) is 0 Å². The van der Waals surface area contributed by atoms with E-state index in [0.717, 1.165) is 31.6 Å². The molecule has 0 aromatic carbocycles. The fraction of sp³-hybridized carbons (Fsp3) is 0.727. The molecule has 2 rings (SSSR count). The molecule has 0 spiro atoms. The van der Waals surface area contributed by atoms with Crippen LogP contribution in [0.5, 0.6) is 0 Å². The highest BCUT2D eigenvalue weighted by Gasteiger charge is 2.20. The Morgan fingerprint density at radius 2 is 2.47 bits per heavy atom. The van der Waals surface area contributed by atoms with Crippen LogP contribution in [0.3, 0.4) is 0 Å². The van der Waals surface area contributed by atoms with Crippen molar-refractivity contribution < 1.29 is 4.74 Å². The van der Waals surface area contributed by atoms with Gasteiger partial charge in [-0.05, 0) is 12.3 Å². The summed E-state index contributed by atoms with van der Waals surface area (Å²) in [4.78, 5) is 4.28. The molecular formula is C11H19N3O. The van der Waals surface area contributed by atoms with Crippen LogP contribution in [0.15, 0.2) is 12.4 Å². The standard InChI is InChI=1S/C11H19N3O/c1-15-9-8-14-7-6-13-11(14)12-5-4-10-2-3-10/h6-7,10H,2-5,8-9H2,1H3,(H,12,13). The Labute approximate surface area is 90.6 Å². The Bertz CT molecular complexity index is 294. The molecule has 4 heteroatoms. The molecule has 84 valence electrons. The van der Waals surface area contributed by atoms with Crippen molar-refractivity contribution in [2.45, 2.75) is 25.8 Å². The number of nitrogens with zero attached hydrogens (tertiary/aromatic N) is 2. The summed E-state index contributed by atoms with van der Waals surface area (Å²) in [5, 5.41) is 3.37. The van der Waals surface area contributed by atoms with Gasteiger partial charge in [-0.3, -0.25) is 0 Å². The van der Waals surface area contributed by atoms with Crippen molar-refractivity contribution in [1.82, 2.24) is 9.55 Å². The molecule has 0 atom stereocenters. The third-order valence-electron chi connectivity index (χ3n) is 2.78. The Kier molecular flexibility index (Phi) is 3.61. The Morgan fingerprint density at radius 3 is 3.20 bits per heavy atom. The van der Waals surface area contributed by atoms with Gasteiger partial charge >= 0.3 is 0 Å². The minimum absolute atomic E-state index is 0.730. The molecule has 0 radical (unpaired) electrons. The van der Waals surface area contributed by atoms with Crippen LogP contribution in [-0.2, 0) is 11.3 Å². The maximum absolute atomic E-state index is 5.05. The van der Waals surface area contributed by atoms with Gasteiger partial charge in [0.05, 0.1) is 6.61 Å². The Hall–Kier alpha value is -1.03. The topological polar surface area (TPSA) is 39.1 Å². The largest absolute Gasteiger partial charge is 0.383 e. The maximum atomic E-state index is 5.05. The lowest BCUT2D eigenvalue weighted by atomic mass is 10.3. The van der Waals surface area contributed by atoms with E-state index in [0.29, 0.717) is 0 Å². The maximum Gasteiger partial charge on any atom is 0.202 e. The average molecular weight is 209 g/mol. The molecule has 0 bridgehead atoms. The monoisotopic (exact) mass is 209 g/mol. The quantitative estimate of drug-likeness (QED) is 0.743. The first-order valence-electron chi connectivity index (χ1n) is 5.64. The van der Waals surface area contributed by atoms with Crippen molar-refractivity contribution in [1.29, 1.82) is 0 Å². The van der Waals surface area contributed by atoms with Crippen molar-refractivity contribution in [2.24, 2.45) is 5.92 Å². The number of nitrogens with one attached hydrogen (secondary N) is 1. The van der Waals surface area contributed by atoms with E-state index in [2.05, 4.69) is 14.9 Å². The first-order valence-corrected chi connectivity index (χ1v) is 5.64. The van der Waals surface area contributed by atoms with Crippen LogP contribution < -0.4 is 5.32 Å². The molecule has 1 aromatic rings. The van der Waals surface area contributed by atoms with Crippen LogP contribution in [0.25, 0.3) is 0 Å². The van der Waals surface area contributed by atoms with Gasteiger partial charge in [0, 0.05) is 32.6 Å². The molecule has 1 N–H and O–H groups in total. The molecular weight excluding hydrogens is 190 g/mol. The number of aromatic nitrogens is 2. The highest BCUT2D eigenvalue weighted by atomic mass is 16.5. The molecule has 4 nitrogen and oxygen atoms in total. The summed E-state index contributed by atoms with van der Waals surface area (Å²) < 4.78 is 7.14. The van der Waals surface area contributed by atoms with E-state index in [1.54, 1.807) is 7.11 Å². The summed E-state index contributed by atoms with van der Waals surface area (Å²) in [7, 11) is 1.72. The fourth-order valence-electron chi connectivity index (χ4n) is 1.64. The Balaban J connectivity index is 1.75. The summed E-state index contributed by atoms with van der Waals surface area (Å²) in [5.74, 6) is 1.94. The summed E-state index contributed by atoms with van der Waals surface area (Å²) in [5.41, 5.74) is 0. The van der Waals surface area contributed by atoms with Crippen molar-refractivity contribution in [3.63, 3.8) is 0 Å². The zero-order chi connectivity index (χ0) is 10.5. The number of hydrogen-bond acceptors (Lipinski definition) is 3. The van der Waals surface area contributed by atoms with E-state index in [1.165, 1.54) is 19.3 Å². The number of methoxy groups -OCH3 is 1. The van der Waals surface area contributed by atoms with Gasteiger partial charge in [0.25, 0.3) is 0 Å². The number of anilines is 1. The van der Waals surface area contributed by atoms with Crippen LogP contribution in [-0.4, -0.2) is 29.8 Å². The van der Waals surface area contributed by atoms with E-state index < -0.39 is 0 Å². The van der Waals surface area contributed by atoms with E-state index in [4.69, 9.17) is 4.74 Å². The minimum Gasteiger partial charge on any atom is -0.383 e. The van der Waals surface area contributed by atoms with Gasteiger partial charge in [0.15, 0.2) is 0 Å². The van der Waals surface area contributed by atoms with E-state index in [-0.39, 0.29) is 0 Å². The molecule has 1 aliphatic rings.